The van der Waals surface area contributed by atoms with Crippen LogP contribution >= 0.6 is 0 Å². The summed E-state index contributed by atoms with van der Waals surface area (Å²) in [6.07, 6.45) is -5.87. The molecule has 1 heterocycles. The summed E-state index contributed by atoms with van der Waals surface area (Å²) in [5.41, 5.74) is -10.1. The van der Waals surface area contributed by atoms with Gasteiger partial charge in [-0.2, -0.15) is 0 Å². The van der Waals surface area contributed by atoms with E-state index in [-0.39, 0.29) is 17.7 Å². The SMILES string of the molecule is CO[C@@H]1[C@@H](O)[C@@H](CO)[C@@H](NC2=CC(=O)c3c(cc4c(c3O)C(=O)[C@]3(OC)[C@H](O)Cc5cc(C)c(C(=O)N(C)CC(=O)OCc6ccccc6)c(O)c5[C@]3(O)C4=O)C2=O)O[C@H]1C. The van der Waals surface area contributed by atoms with Crippen LogP contribution in [0.1, 0.15) is 81.0 Å². The number of methoxy groups -OCH3 is 2. The monoisotopic (exact) mass is 844 g/mol. The number of carbonyl (C=O) groups excluding carboxylic acids is 6. The molecule has 0 aromatic heterocycles. The van der Waals surface area contributed by atoms with Crippen molar-refractivity contribution in [2.75, 3.05) is 34.4 Å². The summed E-state index contributed by atoms with van der Waals surface area (Å²) in [6, 6.07) is 10.9. The predicted octanol–water partition coefficient (Wildman–Crippen LogP) is 0.372. The van der Waals surface area contributed by atoms with Crippen molar-refractivity contribution in [1.82, 2.24) is 10.2 Å². The molecule has 61 heavy (non-hydrogen) atoms. The molecule has 3 aliphatic carbocycles. The van der Waals surface area contributed by atoms with Gasteiger partial charge < -0.3 is 59.8 Å². The number of aromatic hydroxyl groups is 2. The highest BCUT2D eigenvalue weighted by molar-refractivity contribution is 6.31. The molecule has 3 aromatic rings. The van der Waals surface area contributed by atoms with Gasteiger partial charge in [0.15, 0.2) is 17.0 Å². The van der Waals surface area contributed by atoms with E-state index in [2.05, 4.69) is 5.32 Å². The molecule has 18 nitrogen and oxygen atoms in total. The zero-order chi connectivity index (χ0) is 44.5. The van der Waals surface area contributed by atoms with Crippen LogP contribution in [0.25, 0.3) is 0 Å². The number of benzene rings is 3. The molecule has 0 spiro atoms. The molecule has 1 amide bonds. The van der Waals surface area contributed by atoms with E-state index in [1.165, 1.54) is 27.1 Å². The number of hydrogen-bond donors (Lipinski definition) is 7. The summed E-state index contributed by atoms with van der Waals surface area (Å²) in [6.45, 7) is 1.71. The fourth-order valence-electron chi connectivity index (χ4n) is 9.04. The van der Waals surface area contributed by atoms with Gasteiger partial charge in [-0.15, -0.1) is 0 Å². The van der Waals surface area contributed by atoms with Crippen LogP contribution in [-0.4, -0.2) is 141 Å². The van der Waals surface area contributed by atoms with E-state index in [4.69, 9.17) is 18.9 Å². The minimum absolute atomic E-state index is 0.0651. The van der Waals surface area contributed by atoms with Gasteiger partial charge in [-0.25, -0.2) is 0 Å². The standard InChI is InChI=1S/C43H44N2O16/c1-18-11-21-12-27(48)43(59-5)39(55)31-23(13-22-30(35(31)52)26(47)14-25(33(22)50)44-40-24(16-46)34(51)37(58-4)19(2)61-40)38(54)42(43,57)32(21)36(53)29(18)41(56)45(3)15-28(49)60-17-20-9-7-6-8-10-20/h6-11,13-14,19,24,27,34,37,40,44,46,48,51-53,57H,12,15-17H2,1-5H3/t19-,24+,27+,34-,37-,40-,42-,43+/m0/s1. The van der Waals surface area contributed by atoms with E-state index >= 15 is 0 Å². The summed E-state index contributed by atoms with van der Waals surface area (Å²) in [4.78, 5) is 85.0. The Morgan fingerprint density at radius 1 is 0.984 bits per heavy atom. The number of likely N-dealkylation sites (N-methyl/N-ethyl adjacent to an activating group) is 1. The third kappa shape index (κ3) is 6.44. The van der Waals surface area contributed by atoms with E-state index in [1.54, 1.807) is 37.3 Å². The van der Waals surface area contributed by atoms with Crippen LogP contribution in [-0.2, 0) is 42.4 Å². The average Bonchev–Trinajstić information content (AvgIpc) is 3.21. The van der Waals surface area contributed by atoms with Crippen molar-refractivity contribution in [3.63, 3.8) is 0 Å². The number of nitrogens with zero attached hydrogens (tertiary/aromatic N) is 1. The lowest BCUT2D eigenvalue weighted by Crippen LogP contribution is -2.73. The molecule has 18 heteroatoms. The van der Waals surface area contributed by atoms with Gasteiger partial charge >= 0.3 is 5.97 Å². The first-order valence-corrected chi connectivity index (χ1v) is 19.2. The number of Topliss-reactive ketones (excluding diaryl/α,β-unsaturated/α-hetero) is 3. The number of amides is 1. The molecule has 7 N–H and O–H groups in total. The van der Waals surface area contributed by atoms with Gasteiger partial charge in [0.05, 0.1) is 53.2 Å². The Labute approximate surface area is 347 Å². The maximum absolute atomic E-state index is 14.9. The number of aryl methyl sites for hydroxylation is 1. The average molecular weight is 845 g/mol. The Morgan fingerprint density at radius 2 is 1.67 bits per heavy atom. The molecule has 0 radical (unpaired) electrons. The van der Waals surface area contributed by atoms with Crippen molar-refractivity contribution in [2.24, 2.45) is 5.92 Å². The Morgan fingerprint density at radius 3 is 2.31 bits per heavy atom. The summed E-state index contributed by atoms with van der Waals surface area (Å²) >= 11 is 0. The zero-order valence-corrected chi connectivity index (χ0v) is 33.6. The molecule has 0 bridgehead atoms. The minimum Gasteiger partial charge on any atom is -0.507 e. The summed E-state index contributed by atoms with van der Waals surface area (Å²) < 4.78 is 22.0. The molecule has 1 fully saturated rings. The molecule has 8 atom stereocenters. The Bertz CT molecular complexity index is 2410. The topological polar surface area (TPSA) is 276 Å². The Balaban J connectivity index is 1.28. The fraction of sp³-hybridized carbons (Fsp3) is 0.395. The highest BCUT2D eigenvalue weighted by atomic mass is 16.6. The summed E-state index contributed by atoms with van der Waals surface area (Å²) in [7, 11) is 3.48. The van der Waals surface area contributed by atoms with Crippen molar-refractivity contribution >= 4 is 35.0 Å². The third-order valence-corrected chi connectivity index (χ3v) is 12.1. The number of aliphatic hydroxyl groups excluding tert-OH is 3. The molecule has 4 aliphatic rings. The Hall–Kier alpha value is -5.86. The number of ether oxygens (including phenoxy) is 4. The highest BCUT2D eigenvalue weighted by Gasteiger charge is 2.72. The number of ketones is 4. The Kier molecular flexibility index (Phi) is 11.3. The van der Waals surface area contributed by atoms with Gasteiger partial charge in [-0.3, -0.25) is 28.8 Å². The minimum atomic E-state index is -3.34. The second kappa shape index (κ2) is 15.9. The zero-order valence-electron chi connectivity index (χ0n) is 33.6. The number of carbonyl (C=O) groups is 6. The van der Waals surface area contributed by atoms with Gasteiger partial charge in [0, 0.05) is 50.5 Å². The van der Waals surface area contributed by atoms with Gasteiger partial charge in [-0.05, 0) is 36.6 Å². The second-order valence-corrected chi connectivity index (χ2v) is 15.6. The van der Waals surface area contributed by atoms with E-state index < -0.39 is 153 Å². The van der Waals surface area contributed by atoms with Crippen molar-refractivity contribution in [1.29, 1.82) is 0 Å². The van der Waals surface area contributed by atoms with Crippen molar-refractivity contribution in [2.45, 2.75) is 68.7 Å². The normalized spacial score (nSPS) is 27.9. The van der Waals surface area contributed by atoms with E-state index in [0.29, 0.717) is 5.56 Å². The number of allylic oxidation sites excluding steroid dienone is 2. The van der Waals surface area contributed by atoms with Crippen LogP contribution in [0.3, 0.4) is 0 Å². The number of rotatable bonds is 10. The lowest BCUT2D eigenvalue weighted by molar-refractivity contribution is -0.214. The van der Waals surface area contributed by atoms with Crippen LogP contribution in [0.15, 0.2) is 54.2 Å². The van der Waals surface area contributed by atoms with Crippen LogP contribution < -0.4 is 5.32 Å². The molecule has 7 rings (SSSR count). The lowest BCUT2D eigenvalue weighted by Gasteiger charge is -2.53. The van der Waals surface area contributed by atoms with Crippen LogP contribution in [0, 0.1) is 12.8 Å². The summed E-state index contributed by atoms with van der Waals surface area (Å²) in [5, 5.41) is 71.7. The third-order valence-electron chi connectivity index (χ3n) is 12.1. The van der Waals surface area contributed by atoms with Crippen molar-refractivity contribution in [3.8, 4) is 11.5 Å². The van der Waals surface area contributed by atoms with Crippen LogP contribution in [0.4, 0.5) is 0 Å². The van der Waals surface area contributed by atoms with E-state index in [1.807, 2.05) is 0 Å². The van der Waals surface area contributed by atoms with Crippen molar-refractivity contribution < 1.29 is 78.4 Å². The maximum Gasteiger partial charge on any atom is 0.325 e. The van der Waals surface area contributed by atoms with E-state index in [0.717, 1.165) is 24.2 Å². The molecular weight excluding hydrogens is 800 g/mol. The van der Waals surface area contributed by atoms with Crippen LogP contribution in [0.2, 0.25) is 0 Å². The van der Waals surface area contributed by atoms with Gasteiger partial charge in [-0.1, -0.05) is 36.4 Å². The molecule has 0 unspecified atom stereocenters. The number of hydrogen-bond acceptors (Lipinski definition) is 17. The second-order valence-electron chi connectivity index (χ2n) is 15.6. The number of phenolic OH excluding ortho intramolecular Hbond substituents is 2. The van der Waals surface area contributed by atoms with Gasteiger partial charge in [0.25, 0.3) is 5.91 Å². The van der Waals surface area contributed by atoms with E-state index in [9.17, 15) is 59.4 Å². The lowest BCUT2D eigenvalue weighted by atomic mass is 9.56. The molecule has 322 valence electrons. The number of phenols is 2. The maximum atomic E-state index is 14.9. The van der Waals surface area contributed by atoms with Gasteiger partial charge in [0.2, 0.25) is 17.3 Å². The quantitative estimate of drug-likeness (QED) is 0.136. The molecule has 0 saturated carbocycles. The smallest absolute Gasteiger partial charge is 0.325 e. The predicted molar refractivity (Wildman–Crippen MR) is 208 cm³/mol. The molecule has 1 saturated heterocycles. The highest BCUT2D eigenvalue weighted by Crippen LogP contribution is 2.56. The number of esters is 1. The first-order valence-electron chi connectivity index (χ1n) is 19.2. The van der Waals surface area contributed by atoms with Gasteiger partial charge in [0.1, 0.15) is 37.0 Å². The largest absolute Gasteiger partial charge is 0.507 e. The number of aliphatic hydroxyl groups is 4. The molecule has 3 aromatic carbocycles. The first kappa shape index (κ1) is 43.2. The van der Waals surface area contributed by atoms with Crippen LogP contribution in [0.5, 0.6) is 11.5 Å². The number of nitrogens with one attached hydrogen (secondary N) is 1. The molecular formula is C43H44N2O16. The summed E-state index contributed by atoms with van der Waals surface area (Å²) in [5.74, 6) is -9.77. The first-order chi connectivity index (χ1) is 28.9. The number of fused-ring (bicyclic) bond motifs is 5. The van der Waals surface area contributed by atoms with Crippen molar-refractivity contribution in [3.05, 3.63) is 104 Å². The fourth-order valence-corrected chi connectivity index (χ4v) is 9.04. The molecule has 1 aliphatic heterocycles.